The van der Waals surface area contributed by atoms with Gasteiger partial charge in [0.15, 0.2) is 0 Å². The predicted molar refractivity (Wildman–Crippen MR) is 64.4 cm³/mol. The fourth-order valence-corrected chi connectivity index (χ4v) is 2.28. The molecule has 3 nitrogen and oxygen atoms in total. The summed E-state index contributed by atoms with van der Waals surface area (Å²) in [4.78, 5) is 0. The molecular formula is C13H16F3NO2. The maximum atomic E-state index is 12.4. The molecule has 0 bridgehead atoms. The van der Waals surface area contributed by atoms with Crippen LogP contribution in [0.25, 0.3) is 0 Å². The molecule has 6 heteroatoms. The zero-order chi connectivity index (χ0) is 14.2. The Morgan fingerprint density at radius 1 is 1.47 bits per heavy atom. The maximum absolute atomic E-state index is 12.4. The van der Waals surface area contributed by atoms with Crippen LogP contribution in [0.5, 0.6) is 11.5 Å². The van der Waals surface area contributed by atoms with Gasteiger partial charge in [0.2, 0.25) is 0 Å². The summed E-state index contributed by atoms with van der Waals surface area (Å²) in [5.41, 5.74) is 6.89. The van der Waals surface area contributed by atoms with E-state index in [1.165, 1.54) is 7.11 Å². The summed E-state index contributed by atoms with van der Waals surface area (Å²) in [5.74, 6) is 0.981. The number of hydrogen-bond donors (Lipinski definition) is 1. The number of nitrogens with two attached hydrogens (primary N) is 1. The van der Waals surface area contributed by atoms with Crippen molar-refractivity contribution in [1.29, 1.82) is 0 Å². The lowest BCUT2D eigenvalue weighted by Gasteiger charge is -2.18. The van der Waals surface area contributed by atoms with Crippen LogP contribution in [0.15, 0.2) is 12.1 Å². The fraction of sp³-hybridized carbons (Fsp3) is 0.538. The second-order valence-corrected chi connectivity index (χ2v) is 4.76. The number of alkyl halides is 3. The molecule has 0 radical (unpaired) electrons. The van der Waals surface area contributed by atoms with Gasteiger partial charge in [-0.25, -0.2) is 0 Å². The fourth-order valence-electron chi connectivity index (χ4n) is 2.28. The molecule has 0 spiro atoms. The van der Waals surface area contributed by atoms with Crippen molar-refractivity contribution in [2.75, 3.05) is 7.11 Å². The first-order valence-corrected chi connectivity index (χ1v) is 6.00. The Morgan fingerprint density at radius 2 is 2.16 bits per heavy atom. The van der Waals surface area contributed by atoms with Gasteiger partial charge >= 0.3 is 6.18 Å². The first kappa shape index (κ1) is 14.0. The molecule has 0 saturated carbocycles. The maximum Gasteiger partial charge on any atom is 0.390 e. The lowest BCUT2D eigenvalue weighted by Crippen LogP contribution is -2.20. The molecule has 0 amide bonds. The van der Waals surface area contributed by atoms with Crippen LogP contribution in [-0.4, -0.2) is 19.4 Å². The van der Waals surface area contributed by atoms with E-state index in [0.29, 0.717) is 17.1 Å². The molecule has 0 saturated heterocycles. The molecule has 2 unspecified atom stereocenters. The topological polar surface area (TPSA) is 44.5 Å². The van der Waals surface area contributed by atoms with Gasteiger partial charge in [-0.3, -0.25) is 0 Å². The van der Waals surface area contributed by atoms with E-state index in [1.807, 2.05) is 6.92 Å². The second-order valence-electron chi connectivity index (χ2n) is 4.76. The molecule has 0 aromatic heterocycles. The number of ether oxygens (including phenoxy) is 2. The molecule has 106 valence electrons. The van der Waals surface area contributed by atoms with Crippen molar-refractivity contribution in [3.63, 3.8) is 0 Å². The van der Waals surface area contributed by atoms with Gasteiger partial charge in [-0.2, -0.15) is 13.2 Å². The van der Waals surface area contributed by atoms with E-state index in [4.69, 9.17) is 15.2 Å². The van der Waals surface area contributed by atoms with Gasteiger partial charge in [0.05, 0.1) is 13.5 Å². The third-order valence-corrected chi connectivity index (χ3v) is 3.10. The van der Waals surface area contributed by atoms with E-state index in [0.717, 1.165) is 12.0 Å². The molecule has 0 aliphatic carbocycles. The van der Waals surface area contributed by atoms with Crippen molar-refractivity contribution in [3.8, 4) is 11.5 Å². The Morgan fingerprint density at radius 3 is 2.74 bits per heavy atom. The minimum absolute atomic E-state index is 0.0220. The molecule has 2 rings (SSSR count). The molecule has 2 atom stereocenters. The van der Waals surface area contributed by atoms with Crippen molar-refractivity contribution in [2.24, 2.45) is 5.73 Å². The summed E-state index contributed by atoms with van der Waals surface area (Å²) >= 11 is 0. The molecule has 1 aliphatic rings. The van der Waals surface area contributed by atoms with E-state index >= 15 is 0 Å². The predicted octanol–water partition coefficient (Wildman–Crippen LogP) is 2.97. The summed E-state index contributed by atoms with van der Waals surface area (Å²) in [6, 6.07) is 2.12. The van der Waals surface area contributed by atoms with Crippen LogP contribution in [0, 0.1) is 0 Å². The van der Waals surface area contributed by atoms with E-state index in [1.54, 1.807) is 12.1 Å². The van der Waals surface area contributed by atoms with Gasteiger partial charge in [0.1, 0.15) is 17.6 Å². The minimum atomic E-state index is -4.31. The lowest BCUT2D eigenvalue weighted by molar-refractivity contribution is -0.138. The highest BCUT2D eigenvalue weighted by Gasteiger charge is 2.33. The third kappa shape index (κ3) is 3.12. The standard InChI is InChI=1S/C13H16F3NO2/c1-7-3-8-4-12(18-2)9(5-11(8)19-7)10(17)6-13(14,15)16/h4-5,7,10H,3,6,17H2,1-2H3. The largest absolute Gasteiger partial charge is 0.496 e. The Hall–Kier alpha value is -1.43. The Kier molecular flexibility index (Phi) is 3.62. The van der Waals surface area contributed by atoms with Gasteiger partial charge in [0.25, 0.3) is 0 Å². The SMILES string of the molecule is COc1cc2c(cc1C(N)CC(F)(F)F)OC(C)C2. The highest BCUT2D eigenvalue weighted by molar-refractivity contribution is 5.49. The summed E-state index contributed by atoms with van der Waals surface area (Å²) in [5, 5.41) is 0. The van der Waals surface area contributed by atoms with E-state index in [-0.39, 0.29) is 6.10 Å². The minimum Gasteiger partial charge on any atom is -0.496 e. The normalized spacial score (nSPS) is 19.8. The number of rotatable bonds is 3. The average molecular weight is 275 g/mol. The molecule has 1 aromatic carbocycles. The van der Waals surface area contributed by atoms with Crippen LogP contribution in [0.4, 0.5) is 13.2 Å². The first-order valence-electron chi connectivity index (χ1n) is 6.00. The van der Waals surface area contributed by atoms with E-state index in [9.17, 15) is 13.2 Å². The van der Waals surface area contributed by atoms with E-state index < -0.39 is 18.6 Å². The summed E-state index contributed by atoms with van der Waals surface area (Å²) < 4.78 is 47.9. The number of hydrogen-bond acceptors (Lipinski definition) is 3. The molecule has 0 fully saturated rings. The van der Waals surface area contributed by atoms with Crippen molar-refractivity contribution in [1.82, 2.24) is 0 Å². The summed E-state index contributed by atoms with van der Waals surface area (Å²) in [6.07, 6.45) is -4.65. The molecule has 19 heavy (non-hydrogen) atoms. The number of halogens is 3. The molecule has 1 aliphatic heterocycles. The van der Waals surface area contributed by atoms with Crippen LogP contribution in [0.2, 0.25) is 0 Å². The second kappa shape index (κ2) is 4.92. The monoisotopic (exact) mass is 275 g/mol. The quantitative estimate of drug-likeness (QED) is 0.922. The highest BCUT2D eigenvalue weighted by atomic mass is 19.4. The van der Waals surface area contributed by atoms with Gasteiger partial charge in [-0.1, -0.05) is 0 Å². The van der Waals surface area contributed by atoms with Gasteiger partial charge < -0.3 is 15.2 Å². The number of fused-ring (bicyclic) bond motifs is 1. The Labute approximate surface area is 109 Å². The lowest BCUT2D eigenvalue weighted by atomic mass is 9.99. The summed E-state index contributed by atoms with van der Waals surface area (Å²) in [6.45, 7) is 1.90. The zero-order valence-electron chi connectivity index (χ0n) is 10.8. The van der Waals surface area contributed by atoms with Crippen LogP contribution < -0.4 is 15.2 Å². The highest BCUT2D eigenvalue weighted by Crippen LogP contribution is 2.39. The first-order chi connectivity index (χ1) is 8.80. The van der Waals surface area contributed by atoms with Gasteiger partial charge in [0, 0.05) is 23.6 Å². The van der Waals surface area contributed by atoms with Crippen molar-refractivity contribution >= 4 is 0 Å². The van der Waals surface area contributed by atoms with Crippen LogP contribution >= 0.6 is 0 Å². The van der Waals surface area contributed by atoms with E-state index in [2.05, 4.69) is 0 Å². The molecular weight excluding hydrogens is 259 g/mol. The third-order valence-electron chi connectivity index (χ3n) is 3.10. The smallest absolute Gasteiger partial charge is 0.390 e. The van der Waals surface area contributed by atoms with Crippen molar-refractivity contribution in [2.45, 2.75) is 38.1 Å². The molecule has 1 heterocycles. The van der Waals surface area contributed by atoms with Crippen LogP contribution in [0.3, 0.4) is 0 Å². The van der Waals surface area contributed by atoms with Gasteiger partial charge in [-0.05, 0) is 19.1 Å². The van der Waals surface area contributed by atoms with Gasteiger partial charge in [-0.15, -0.1) is 0 Å². The van der Waals surface area contributed by atoms with Crippen LogP contribution in [-0.2, 0) is 6.42 Å². The number of methoxy groups -OCH3 is 1. The average Bonchev–Trinajstić information content (AvgIpc) is 2.63. The Balaban J connectivity index is 2.32. The Bertz CT molecular complexity index is 474. The van der Waals surface area contributed by atoms with Crippen molar-refractivity contribution in [3.05, 3.63) is 23.3 Å². The van der Waals surface area contributed by atoms with Crippen LogP contribution in [0.1, 0.15) is 30.5 Å². The molecule has 2 N–H and O–H groups in total. The zero-order valence-corrected chi connectivity index (χ0v) is 10.8. The van der Waals surface area contributed by atoms with Crippen molar-refractivity contribution < 1.29 is 22.6 Å². The summed E-state index contributed by atoms with van der Waals surface area (Å²) in [7, 11) is 1.42. The number of benzene rings is 1. The molecule has 1 aromatic rings.